The van der Waals surface area contributed by atoms with Crippen molar-refractivity contribution in [2.24, 2.45) is 5.92 Å². The van der Waals surface area contributed by atoms with Crippen molar-refractivity contribution in [3.05, 3.63) is 90.0 Å². The molecule has 14 heteroatoms. The number of piperazine rings is 1. The predicted octanol–water partition coefficient (Wildman–Crippen LogP) is 7.97. The lowest BCUT2D eigenvalue weighted by Crippen LogP contribution is -2.47. The highest BCUT2D eigenvalue weighted by Gasteiger charge is 2.28. The number of rotatable bonds is 14. The van der Waals surface area contributed by atoms with Gasteiger partial charge in [-0.3, -0.25) is 4.90 Å². The second kappa shape index (κ2) is 20.8. The normalized spacial score (nSPS) is 17.5. The second-order valence-corrected chi connectivity index (χ2v) is 20.6. The minimum absolute atomic E-state index is 0.258. The SMILES string of the molecule is CN(C)S(=O)(=O)c1ccc2c(c1)N(CCCN1CCC(CCO)CC1)c1ccccc1S2.OCCN1CCN(CCCN2c3ccccc3Sc3ccc(Cl)cc32)CC1. The first kappa shape index (κ1) is 44.2. The molecule has 2 saturated heterocycles. The van der Waals surface area contributed by atoms with Crippen LogP contribution in [0.25, 0.3) is 0 Å². The molecule has 318 valence electrons. The third-order valence-corrected chi connectivity index (χ3v) is 16.1. The smallest absolute Gasteiger partial charge is 0.242 e. The Bertz CT molecular complexity index is 2110. The summed E-state index contributed by atoms with van der Waals surface area (Å²) in [6.07, 6.45) is 5.38. The number of anilines is 4. The Labute approximate surface area is 365 Å². The van der Waals surface area contributed by atoms with E-state index in [4.69, 9.17) is 21.8 Å². The molecule has 0 atom stereocenters. The Hall–Kier alpha value is -2.82. The Balaban J connectivity index is 0.000000181. The zero-order valence-electron chi connectivity index (χ0n) is 34.4. The van der Waals surface area contributed by atoms with Crippen LogP contribution in [0.1, 0.15) is 32.1 Å². The van der Waals surface area contributed by atoms with Gasteiger partial charge < -0.3 is 29.8 Å². The number of β-amino-alcohol motifs (C(OH)–C–C–N with tert-alkyl or cyclic N) is 1. The standard InChI is InChI=1S/C24H33N3O3S2.C21H26ClN3OS/c1-25(2)32(29,30)20-8-9-24-22(18-20)27(21-6-3-4-7-23(21)31-24)14-5-13-26-15-10-19(11-16-26)12-17-28;22-17-6-7-21-19(16-17)25(18-4-1-2-5-20(18)27-21)9-3-8-23-10-12-24(13-11-23)14-15-26/h3-4,6-9,18-19,28H,5,10-17H2,1-2H3;1-2,4-7,16,26H,3,8-15H2. The number of likely N-dealkylation sites (tertiary alicyclic amines) is 1. The number of halogens is 1. The largest absolute Gasteiger partial charge is 0.396 e. The third kappa shape index (κ3) is 11.0. The van der Waals surface area contributed by atoms with E-state index < -0.39 is 10.0 Å². The van der Waals surface area contributed by atoms with Gasteiger partial charge in [0.1, 0.15) is 0 Å². The molecule has 4 aromatic rings. The van der Waals surface area contributed by atoms with Crippen LogP contribution in [-0.4, -0.2) is 137 Å². The first-order valence-corrected chi connectivity index (χ1v) is 24.4. The molecular weight excluding hydrogens is 820 g/mol. The molecule has 0 unspecified atom stereocenters. The molecule has 4 aliphatic heterocycles. The van der Waals surface area contributed by atoms with Crippen molar-refractivity contribution in [3.8, 4) is 0 Å². The maximum atomic E-state index is 12.7. The second-order valence-electron chi connectivity index (χ2n) is 15.9. The number of fused-ring (bicyclic) bond motifs is 4. The van der Waals surface area contributed by atoms with Crippen LogP contribution in [0.5, 0.6) is 0 Å². The first-order chi connectivity index (χ1) is 28.6. The van der Waals surface area contributed by atoms with Crippen LogP contribution in [0.3, 0.4) is 0 Å². The average molecular weight is 880 g/mol. The molecule has 2 fully saturated rings. The quantitative estimate of drug-likeness (QED) is 0.129. The molecular formula is C45H59ClN6O4S3. The molecule has 0 spiro atoms. The van der Waals surface area contributed by atoms with E-state index in [1.165, 1.54) is 43.2 Å². The molecule has 10 nitrogen and oxygen atoms in total. The van der Waals surface area contributed by atoms with Gasteiger partial charge >= 0.3 is 0 Å². The van der Waals surface area contributed by atoms with E-state index >= 15 is 0 Å². The van der Waals surface area contributed by atoms with Gasteiger partial charge in [-0.25, -0.2) is 12.7 Å². The lowest BCUT2D eigenvalue weighted by Gasteiger charge is -2.36. The van der Waals surface area contributed by atoms with E-state index in [9.17, 15) is 8.42 Å². The minimum atomic E-state index is -3.49. The third-order valence-electron chi connectivity index (χ3n) is 11.8. The van der Waals surface area contributed by atoms with E-state index in [2.05, 4.69) is 79.1 Å². The van der Waals surface area contributed by atoms with Crippen LogP contribution in [0, 0.1) is 5.92 Å². The Morgan fingerprint density at radius 1 is 0.610 bits per heavy atom. The first-order valence-electron chi connectivity index (χ1n) is 21.0. The number of nitrogens with zero attached hydrogens (tertiary/aromatic N) is 6. The molecule has 0 amide bonds. The van der Waals surface area contributed by atoms with E-state index in [0.717, 1.165) is 113 Å². The zero-order chi connectivity index (χ0) is 41.4. The molecule has 0 radical (unpaired) electrons. The van der Waals surface area contributed by atoms with Gasteiger partial charge in [0, 0.05) is 91.1 Å². The van der Waals surface area contributed by atoms with Crippen LogP contribution < -0.4 is 9.80 Å². The van der Waals surface area contributed by atoms with Crippen LogP contribution in [0.15, 0.2) is 109 Å². The average Bonchev–Trinajstić information content (AvgIpc) is 3.24. The monoisotopic (exact) mass is 878 g/mol. The molecule has 4 aliphatic rings. The lowest BCUT2D eigenvalue weighted by atomic mass is 9.94. The molecule has 8 rings (SSSR count). The summed E-state index contributed by atoms with van der Waals surface area (Å²) in [7, 11) is -0.348. The van der Waals surface area contributed by atoms with Crippen molar-refractivity contribution < 1.29 is 18.6 Å². The summed E-state index contributed by atoms with van der Waals surface area (Å²) in [5, 5.41) is 19.0. The Morgan fingerprint density at radius 2 is 1.10 bits per heavy atom. The highest BCUT2D eigenvalue weighted by Crippen LogP contribution is 2.50. The number of piperidine rings is 1. The number of hydrogen-bond donors (Lipinski definition) is 2. The van der Waals surface area contributed by atoms with E-state index in [1.54, 1.807) is 31.9 Å². The summed E-state index contributed by atoms with van der Waals surface area (Å²) >= 11 is 9.82. The van der Waals surface area contributed by atoms with Gasteiger partial charge in [0.05, 0.1) is 34.3 Å². The summed E-state index contributed by atoms with van der Waals surface area (Å²) in [5.41, 5.74) is 4.62. The van der Waals surface area contributed by atoms with Gasteiger partial charge in [0.2, 0.25) is 10.0 Å². The maximum absolute atomic E-state index is 12.7. The minimum Gasteiger partial charge on any atom is -0.396 e. The van der Waals surface area contributed by atoms with Crippen molar-refractivity contribution in [1.29, 1.82) is 0 Å². The number of sulfonamides is 1. The summed E-state index contributed by atoms with van der Waals surface area (Å²) in [5.74, 6) is 0.659. The number of benzene rings is 4. The highest BCUT2D eigenvalue weighted by atomic mass is 35.5. The van der Waals surface area contributed by atoms with Crippen molar-refractivity contribution >= 4 is 67.9 Å². The van der Waals surface area contributed by atoms with Gasteiger partial charge in [-0.2, -0.15) is 0 Å². The van der Waals surface area contributed by atoms with Crippen molar-refractivity contribution in [1.82, 2.24) is 19.0 Å². The molecule has 0 saturated carbocycles. The number of hydrogen-bond acceptors (Lipinski definition) is 11. The van der Waals surface area contributed by atoms with E-state index in [0.29, 0.717) is 17.4 Å². The topological polar surface area (TPSA) is 94.0 Å². The van der Waals surface area contributed by atoms with Gasteiger partial charge in [0.25, 0.3) is 0 Å². The lowest BCUT2D eigenvalue weighted by molar-refractivity contribution is 0.112. The summed E-state index contributed by atoms with van der Waals surface area (Å²) in [6, 6.07) is 28.7. The van der Waals surface area contributed by atoms with E-state index in [1.807, 2.05) is 36.0 Å². The Kier molecular flexibility index (Phi) is 15.6. The molecule has 4 aromatic carbocycles. The molecule has 2 N–H and O–H groups in total. The fraction of sp³-hybridized carbons (Fsp3) is 0.467. The fourth-order valence-corrected chi connectivity index (χ4v) is 11.7. The number of para-hydroxylation sites is 2. The predicted molar refractivity (Wildman–Crippen MR) is 244 cm³/mol. The van der Waals surface area contributed by atoms with Crippen molar-refractivity contribution in [3.63, 3.8) is 0 Å². The van der Waals surface area contributed by atoms with Crippen LogP contribution in [0.4, 0.5) is 22.7 Å². The summed E-state index contributed by atoms with van der Waals surface area (Å²) in [6.45, 7) is 11.8. The van der Waals surface area contributed by atoms with Crippen LogP contribution in [0.2, 0.25) is 5.02 Å². The van der Waals surface area contributed by atoms with Crippen molar-refractivity contribution in [2.75, 3.05) is 109 Å². The van der Waals surface area contributed by atoms with Crippen molar-refractivity contribution in [2.45, 2.75) is 56.6 Å². The van der Waals surface area contributed by atoms with Gasteiger partial charge in [-0.15, -0.1) is 0 Å². The molecule has 0 bridgehead atoms. The van der Waals surface area contributed by atoms with Crippen LogP contribution >= 0.6 is 35.1 Å². The van der Waals surface area contributed by atoms with Gasteiger partial charge in [-0.1, -0.05) is 59.4 Å². The highest BCUT2D eigenvalue weighted by molar-refractivity contribution is 8.00. The van der Waals surface area contributed by atoms with E-state index in [-0.39, 0.29) is 6.61 Å². The maximum Gasteiger partial charge on any atom is 0.242 e. The Morgan fingerprint density at radius 3 is 1.64 bits per heavy atom. The fourth-order valence-electron chi connectivity index (χ4n) is 8.43. The molecule has 0 aliphatic carbocycles. The molecule has 59 heavy (non-hydrogen) atoms. The molecule has 0 aromatic heterocycles. The zero-order valence-corrected chi connectivity index (χ0v) is 37.6. The van der Waals surface area contributed by atoms with Gasteiger partial charge in [0.15, 0.2) is 0 Å². The number of aliphatic hydroxyl groups is 2. The van der Waals surface area contributed by atoms with Crippen LogP contribution in [-0.2, 0) is 10.0 Å². The summed E-state index contributed by atoms with van der Waals surface area (Å²) < 4.78 is 26.8. The molecule has 4 heterocycles. The summed E-state index contributed by atoms with van der Waals surface area (Å²) in [4.78, 5) is 17.3. The van der Waals surface area contributed by atoms with Gasteiger partial charge in [-0.05, 0) is 125 Å². The number of aliphatic hydroxyl groups excluding tert-OH is 2.